The third kappa shape index (κ3) is 4.48. The lowest BCUT2D eigenvalue weighted by Crippen LogP contribution is -2.50. The molecule has 0 saturated carbocycles. The summed E-state index contributed by atoms with van der Waals surface area (Å²) >= 11 is 0. The van der Waals surface area contributed by atoms with Gasteiger partial charge in [0.2, 0.25) is 5.91 Å². The van der Waals surface area contributed by atoms with Crippen LogP contribution in [0.25, 0.3) is 0 Å². The van der Waals surface area contributed by atoms with E-state index in [-0.39, 0.29) is 12.3 Å². The number of aliphatic carboxylic acids is 1. The largest absolute Gasteiger partial charge is 0.493 e. The molecule has 0 unspecified atom stereocenters. The summed E-state index contributed by atoms with van der Waals surface area (Å²) in [6.07, 6.45) is 0.812. The van der Waals surface area contributed by atoms with Crippen molar-refractivity contribution in [3.05, 3.63) is 29.8 Å². The van der Waals surface area contributed by atoms with Crippen LogP contribution in [0, 0.1) is 6.92 Å². The second kappa shape index (κ2) is 7.11. The number of carbonyl (C=O) groups is 2. The Morgan fingerprint density at radius 3 is 2.48 bits per heavy atom. The van der Waals surface area contributed by atoms with Gasteiger partial charge in [-0.3, -0.25) is 4.79 Å². The first kappa shape index (κ1) is 17.0. The Bertz CT molecular complexity index is 511. The molecule has 0 spiro atoms. The highest BCUT2D eigenvalue weighted by molar-refractivity contribution is 5.86. The van der Waals surface area contributed by atoms with Crippen LogP contribution in [-0.4, -0.2) is 41.1 Å². The number of amides is 1. The summed E-state index contributed by atoms with van der Waals surface area (Å²) < 4.78 is 5.61. The highest BCUT2D eigenvalue weighted by atomic mass is 16.5. The number of likely N-dealkylation sites (N-methyl/N-ethyl adjacent to an activating group) is 1. The number of rotatable bonds is 7. The number of hydrogen-bond acceptors (Lipinski definition) is 3. The van der Waals surface area contributed by atoms with E-state index in [0.717, 1.165) is 11.3 Å². The molecular formula is C16H23NO4. The van der Waals surface area contributed by atoms with Crippen LogP contribution in [0.5, 0.6) is 5.75 Å². The highest BCUT2D eigenvalue weighted by Crippen LogP contribution is 2.17. The van der Waals surface area contributed by atoms with Crippen molar-refractivity contribution < 1.29 is 19.4 Å². The first-order valence-corrected chi connectivity index (χ1v) is 6.95. The molecule has 21 heavy (non-hydrogen) atoms. The maximum absolute atomic E-state index is 12.0. The van der Waals surface area contributed by atoms with Crippen LogP contribution < -0.4 is 4.74 Å². The molecule has 1 aromatic rings. The van der Waals surface area contributed by atoms with Gasteiger partial charge in [0.25, 0.3) is 0 Å². The van der Waals surface area contributed by atoms with E-state index in [0.29, 0.717) is 13.0 Å². The molecular weight excluding hydrogens is 270 g/mol. The predicted octanol–water partition coefficient (Wildman–Crippen LogP) is 2.48. The monoisotopic (exact) mass is 293 g/mol. The molecule has 1 N–H and O–H groups in total. The van der Waals surface area contributed by atoms with Gasteiger partial charge in [-0.05, 0) is 38.8 Å². The Morgan fingerprint density at radius 1 is 1.29 bits per heavy atom. The standard InChI is InChI=1S/C16H23NO4/c1-12-8-5-6-9-13(12)21-11-7-10-14(18)17(4)16(2,3)15(19)20/h5-6,8-9H,7,10-11H2,1-4H3,(H,19,20). The van der Waals surface area contributed by atoms with Crippen LogP contribution in [0.15, 0.2) is 24.3 Å². The molecule has 0 saturated heterocycles. The molecule has 1 amide bonds. The zero-order chi connectivity index (χ0) is 16.0. The average Bonchev–Trinajstić information content (AvgIpc) is 2.44. The summed E-state index contributed by atoms with van der Waals surface area (Å²) in [5.41, 5.74) is -0.151. The lowest BCUT2D eigenvalue weighted by atomic mass is 10.0. The van der Waals surface area contributed by atoms with Crippen molar-refractivity contribution in [3.63, 3.8) is 0 Å². The Hall–Kier alpha value is -2.04. The lowest BCUT2D eigenvalue weighted by molar-refractivity contribution is -0.155. The summed E-state index contributed by atoms with van der Waals surface area (Å²) in [6, 6.07) is 7.69. The molecule has 0 fully saturated rings. The van der Waals surface area contributed by atoms with Crippen LogP contribution in [0.3, 0.4) is 0 Å². The maximum Gasteiger partial charge on any atom is 0.329 e. The van der Waals surface area contributed by atoms with Crippen LogP contribution in [0.4, 0.5) is 0 Å². The van der Waals surface area contributed by atoms with Crippen LogP contribution in [0.1, 0.15) is 32.3 Å². The fourth-order valence-corrected chi connectivity index (χ4v) is 1.75. The van der Waals surface area contributed by atoms with Crippen molar-refractivity contribution in [1.82, 2.24) is 4.90 Å². The van der Waals surface area contributed by atoms with Gasteiger partial charge in [0.1, 0.15) is 11.3 Å². The number of carboxylic acid groups (broad SMARTS) is 1. The number of para-hydroxylation sites is 1. The molecule has 0 atom stereocenters. The predicted molar refractivity (Wildman–Crippen MR) is 80.4 cm³/mol. The van der Waals surface area contributed by atoms with Crippen molar-refractivity contribution in [2.75, 3.05) is 13.7 Å². The third-order valence-electron chi connectivity index (χ3n) is 3.62. The van der Waals surface area contributed by atoms with E-state index in [2.05, 4.69) is 0 Å². The van der Waals surface area contributed by atoms with E-state index < -0.39 is 11.5 Å². The number of carbonyl (C=O) groups excluding carboxylic acids is 1. The highest BCUT2D eigenvalue weighted by Gasteiger charge is 2.34. The average molecular weight is 293 g/mol. The van der Waals surface area contributed by atoms with Crippen molar-refractivity contribution in [2.24, 2.45) is 0 Å². The third-order valence-corrected chi connectivity index (χ3v) is 3.62. The molecule has 0 aliphatic rings. The van der Waals surface area contributed by atoms with Gasteiger partial charge < -0.3 is 14.7 Å². The van der Waals surface area contributed by atoms with Crippen molar-refractivity contribution >= 4 is 11.9 Å². The van der Waals surface area contributed by atoms with Gasteiger partial charge in [-0.15, -0.1) is 0 Å². The topological polar surface area (TPSA) is 66.8 Å². The van der Waals surface area contributed by atoms with Crippen molar-refractivity contribution in [1.29, 1.82) is 0 Å². The molecule has 5 nitrogen and oxygen atoms in total. The zero-order valence-electron chi connectivity index (χ0n) is 13.0. The molecule has 0 heterocycles. The van der Waals surface area contributed by atoms with Gasteiger partial charge in [0.05, 0.1) is 6.61 Å². The Kier molecular flexibility index (Phi) is 5.76. The van der Waals surface area contributed by atoms with Crippen LogP contribution in [0.2, 0.25) is 0 Å². The minimum atomic E-state index is -1.20. The molecule has 0 aromatic heterocycles. The molecule has 1 aromatic carbocycles. The SMILES string of the molecule is Cc1ccccc1OCCCC(=O)N(C)C(C)(C)C(=O)O. The van der Waals surface area contributed by atoms with Gasteiger partial charge in [-0.25, -0.2) is 4.79 Å². The van der Waals surface area contributed by atoms with Gasteiger partial charge in [-0.1, -0.05) is 18.2 Å². The maximum atomic E-state index is 12.0. The van der Waals surface area contributed by atoms with E-state index in [1.807, 2.05) is 31.2 Å². The number of ether oxygens (including phenoxy) is 1. The van der Waals surface area contributed by atoms with Gasteiger partial charge >= 0.3 is 5.97 Å². The summed E-state index contributed by atoms with van der Waals surface area (Å²) in [6.45, 7) is 5.41. The lowest BCUT2D eigenvalue weighted by Gasteiger charge is -2.31. The van der Waals surface area contributed by atoms with E-state index in [1.165, 1.54) is 25.8 Å². The van der Waals surface area contributed by atoms with E-state index >= 15 is 0 Å². The van der Waals surface area contributed by atoms with Gasteiger partial charge in [0, 0.05) is 13.5 Å². The molecule has 5 heteroatoms. The molecule has 0 bridgehead atoms. The first-order valence-electron chi connectivity index (χ1n) is 6.95. The Balaban J connectivity index is 2.41. The number of hydrogen-bond donors (Lipinski definition) is 1. The summed E-state index contributed by atoms with van der Waals surface area (Å²) in [7, 11) is 1.51. The molecule has 1 rings (SSSR count). The number of nitrogens with zero attached hydrogens (tertiary/aromatic N) is 1. The number of benzene rings is 1. The Labute approximate surface area is 125 Å². The van der Waals surface area contributed by atoms with Crippen molar-refractivity contribution in [2.45, 2.75) is 39.2 Å². The normalized spacial score (nSPS) is 11.0. The number of aryl methyl sites for hydroxylation is 1. The fraction of sp³-hybridized carbons (Fsp3) is 0.500. The van der Waals surface area contributed by atoms with Gasteiger partial charge in [0.15, 0.2) is 0 Å². The summed E-state index contributed by atoms with van der Waals surface area (Å²) in [5.74, 6) is -0.408. The molecule has 0 aliphatic carbocycles. The molecule has 0 radical (unpaired) electrons. The minimum absolute atomic E-state index is 0.198. The zero-order valence-corrected chi connectivity index (χ0v) is 13.0. The molecule has 116 valence electrons. The fourth-order valence-electron chi connectivity index (χ4n) is 1.75. The first-order chi connectivity index (χ1) is 9.76. The number of carboxylic acids is 1. The van der Waals surface area contributed by atoms with E-state index in [1.54, 1.807) is 0 Å². The van der Waals surface area contributed by atoms with Crippen LogP contribution >= 0.6 is 0 Å². The Morgan fingerprint density at radius 2 is 1.90 bits per heavy atom. The second-order valence-electron chi connectivity index (χ2n) is 5.53. The van der Waals surface area contributed by atoms with E-state index in [9.17, 15) is 9.59 Å². The summed E-state index contributed by atoms with van der Waals surface area (Å²) in [5, 5.41) is 9.09. The van der Waals surface area contributed by atoms with Gasteiger partial charge in [-0.2, -0.15) is 0 Å². The second-order valence-corrected chi connectivity index (χ2v) is 5.53. The van der Waals surface area contributed by atoms with Crippen molar-refractivity contribution in [3.8, 4) is 5.75 Å². The van der Waals surface area contributed by atoms with E-state index in [4.69, 9.17) is 9.84 Å². The minimum Gasteiger partial charge on any atom is -0.493 e. The van der Waals surface area contributed by atoms with Crippen LogP contribution in [-0.2, 0) is 9.59 Å². The summed E-state index contributed by atoms with van der Waals surface area (Å²) in [4.78, 5) is 24.3. The smallest absolute Gasteiger partial charge is 0.329 e. The quantitative estimate of drug-likeness (QED) is 0.784. The molecule has 0 aliphatic heterocycles.